The average Bonchev–Trinajstić information content (AvgIpc) is 3.57. The lowest BCUT2D eigenvalue weighted by atomic mass is 9.42. The molecule has 0 aromatic heterocycles. The van der Waals surface area contributed by atoms with E-state index in [1.807, 2.05) is 0 Å². The van der Waals surface area contributed by atoms with Gasteiger partial charge in [0.1, 0.15) is 0 Å². The van der Waals surface area contributed by atoms with Gasteiger partial charge in [0.25, 0.3) is 0 Å². The third-order valence-electron chi connectivity index (χ3n) is 27.1. The predicted octanol–water partition coefficient (Wildman–Crippen LogP) is 19.2. The summed E-state index contributed by atoms with van der Waals surface area (Å²) < 4.78 is 0. The summed E-state index contributed by atoms with van der Waals surface area (Å²) in [6.07, 6.45) is 60.8. The molecule has 12 saturated carbocycles. The molecule has 0 aromatic rings. The zero-order valence-corrected chi connectivity index (χ0v) is 43.6. The van der Waals surface area contributed by atoms with Gasteiger partial charge in [0.2, 0.25) is 0 Å². The second-order valence-electron chi connectivity index (χ2n) is 29.4. The summed E-state index contributed by atoms with van der Waals surface area (Å²) in [7, 11) is 0. The fraction of sp³-hybridized carbons (Fsp3) is 1.00. The van der Waals surface area contributed by atoms with E-state index in [1.165, 1.54) is 6.42 Å². The standard InChI is InChI=1S/C65H108/c1-42-49-24-9-7-20-46(49)33-36-50(42)51-25-10-8-21-48(51)38-43-32-35-56-57-37-34-47(40-63(57)65(2,3)62(56)39-43)44-18-5-4-6-19-45(23-17-22-44)60-41-61-54-28-12-11-26-52(54)53-27-13-15-30-58(53)64(61)59-31-16-14-29-55(59)60/h42-64H,4-41H2,1-3H3. The van der Waals surface area contributed by atoms with E-state index in [-0.39, 0.29) is 0 Å². The normalized spacial score (nSPS) is 53.7. The Kier molecular flexibility index (Phi) is 14.1. The Morgan fingerprint density at radius 1 is 0.292 bits per heavy atom. The van der Waals surface area contributed by atoms with Crippen molar-refractivity contribution >= 4 is 0 Å². The van der Waals surface area contributed by atoms with Crippen molar-refractivity contribution in [1.29, 1.82) is 0 Å². The van der Waals surface area contributed by atoms with Crippen LogP contribution in [-0.2, 0) is 0 Å². The van der Waals surface area contributed by atoms with Crippen molar-refractivity contribution in [3.63, 3.8) is 0 Å². The Hall–Kier alpha value is 0. The highest BCUT2D eigenvalue weighted by Crippen LogP contribution is 2.68. The van der Waals surface area contributed by atoms with Gasteiger partial charge in [-0.3, -0.25) is 0 Å². The van der Waals surface area contributed by atoms with Crippen LogP contribution in [0.15, 0.2) is 0 Å². The van der Waals surface area contributed by atoms with Gasteiger partial charge in [0.05, 0.1) is 0 Å². The lowest BCUT2D eigenvalue weighted by molar-refractivity contribution is -0.147. The minimum absolute atomic E-state index is 0.580. The van der Waals surface area contributed by atoms with Crippen molar-refractivity contribution in [3.8, 4) is 0 Å². The molecule has 0 heterocycles. The highest BCUT2D eigenvalue weighted by atomic mass is 14.6. The molecule has 12 rings (SSSR count). The lowest BCUT2D eigenvalue weighted by Crippen LogP contribution is -2.56. The first kappa shape index (κ1) is 46.1. The molecule has 23 unspecified atom stereocenters. The van der Waals surface area contributed by atoms with E-state index < -0.39 is 0 Å². The first-order valence-corrected chi connectivity index (χ1v) is 31.9. The highest BCUT2D eigenvalue weighted by molar-refractivity contribution is 5.09. The maximum atomic E-state index is 2.86. The van der Waals surface area contributed by atoms with Crippen LogP contribution in [0.4, 0.5) is 0 Å². The topological polar surface area (TPSA) is 0 Å². The lowest BCUT2D eigenvalue weighted by Gasteiger charge is -2.63. The summed E-state index contributed by atoms with van der Waals surface area (Å²) in [5.74, 6) is 25.1. The van der Waals surface area contributed by atoms with Crippen LogP contribution in [0.2, 0.25) is 0 Å². The molecule has 65 heavy (non-hydrogen) atoms. The molecule has 0 spiro atoms. The van der Waals surface area contributed by atoms with Crippen LogP contribution in [0.3, 0.4) is 0 Å². The Bertz CT molecular complexity index is 1540. The smallest absolute Gasteiger partial charge is 0.0292 e. The third kappa shape index (κ3) is 8.72. The van der Waals surface area contributed by atoms with E-state index in [1.54, 1.807) is 238 Å². The molecular weight excluding hydrogens is 781 g/mol. The van der Waals surface area contributed by atoms with E-state index in [0.29, 0.717) is 5.41 Å². The van der Waals surface area contributed by atoms with Crippen molar-refractivity contribution < 1.29 is 0 Å². The number of rotatable bonds is 5. The summed E-state index contributed by atoms with van der Waals surface area (Å²) in [5.41, 5.74) is 0.580. The summed E-state index contributed by atoms with van der Waals surface area (Å²) >= 11 is 0. The largest absolute Gasteiger partial charge is 0.0620 e. The molecule has 12 fully saturated rings. The molecule has 368 valence electrons. The Balaban J connectivity index is 0.687. The molecule has 0 radical (unpaired) electrons. The van der Waals surface area contributed by atoms with Gasteiger partial charge in [-0.1, -0.05) is 156 Å². The van der Waals surface area contributed by atoms with Crippen LogP contribution >= 0.6 is 0 Å². The van der Waals surface area contributed by atoms with Crippen LogP contribution < -0.4 is 0 Å². The first-order valence-electron chi connectivity index (χ1n) is 31.9. The van der Waals surface area contributed by atoms with Gasteiger partial charge in [0, 0.05) is 0 Å². The number of hydrogen-bond acceptors (Lipinski definition) is 0. The molecule has 12 aliphatic rings. The molecule has 23 atom stereocenters. The molecule has 0 aromatic carbocycles. The molecule has 0 nitrogen and oxygen atoms in total. The third-order valence-corrected chi connectivity index (χ3v) is 27.1. The van der Waals surface area contributed by atoms with Crippen molar-refractivity contribution in [2.24, 2.45) is 142 Å². The van der Waals surface area contributed by atoms with Gasteiger partial charge < -0.3 is 0 Å². The Morgan fingerprint density at radius 2 is 0.754 bits per heavy atom. The number of fused-ring (bicyclic) bond motifs is 12. The Labute approximate surface area is 404 Å². The van der Waals surface area contributed by atoms with Crippen molar-refractivity contribution in [1.82, 2.24) is 0 Å². The second-order valence-corrected chi connectivity index (χ2v) is 29.4. The van der Waals surface area contributed by atoms with E-state index >= 15 is 0 Å². The van der Waals surface area contributed by atoms with Gasteiger partial charge in [-0.05, 0) is 251 Å². The zero-order valence-electron chi connectivity index (χ0n) is 43.6. The van der Waals surface area contributed by atoms with Gasteiger partial charge in [-0.15, -0.1) is 0 Å². The fourth-order valence-electron chi connectivity index (χ4n) is 24.6. The highest BCUT2D eigenvalue weighted by Gasteiger charge is 2.60. The summed E-state index contributed by atoms with van der Waals surface area (Å²) in [6, 6.07) is 0. The monoisotopic (exact) mass is 889 g/mol. The summed E-state index contributed by atoms with van der Waals surface area (Å²) in [5, 5.41) is 0. The van der Waals surface area contributed by atoms with Crippen LogP contribution in [0, 0.1) is 142 Å². The maximum Gasteiger partial charge on any atom is -0.0292 e. The van der Waals surface area contributed by atoms with Crippen LogP contribution in [0.25, 0.3) is 0 Å². The quantitative estimate of drug-likeness (QED) is 0.258. The molecule has 12 aliphatic carbocycles. The SMILES string of the molecule is CC1C2CCCCC2CCC1C1CCCCC1CC1CCC2C3CCC(C4CCCCCC(C5CC6C7CCCCC7C7CCCCC7C6C6CCCCC56)CCC4)CC3C(C)(C)C2C1. The van der Waals surface area contributed by atoms with E-state index in [2.05, 4.69) is 20.8 Å². The summed E-state index contributed by atoms with van der Waals surface area (Å²) in [4.78, 5) is 0. The molecular formula is C65H108. The molecule has 0 heteroatoms. The minimum atomic E-state index is 0.580. The van der Waals surface area contributed by atoms with Gasteiger partial charge in [-0.2, -0.15) is 0 Å². The average molecular weight is 890 g/mol. The van der Waals surface area contributed by atoms with Gasteiger partial charge in [-0.25, -0.2) is 0 Å². The Morgan fingerprint density at radius 3 is 1.48 bits per heavy atom. The van der Waals surface area contributed by atoms with Crippen molar-refractivity contribution in [2.75, 3.05) is 0 Å². The summed E-state index contributed by atoms with van der Waals surface area (Å²) in [6.45, 7) is 8.47. The van der Waals surface area contributed by atoms with E-state index in [4.69, 9.17) is 0 Å². The molecule has 0 bridgehead atoms. The zero-order chi connectivity index (χ0) is 43.6. The predicted molar refractivity (Wildman–Crippen MR) is 275 cm³/mol. The molecule has 0 amide bonds. The van der Waals surface area contributed by atoms with E-state index in [0.717, 1.165) is 136 Å². The molecule has 0 aliphatic heterocycles. The second kappa shape index (κ2) is 19.9. The van der Waals surface area contributed by atoms with Gasteiger partial charge in [0.15, 0.2) is 0 Å². The number of hydrogen-bond donors (Lipinski definition) is 0. The van der Waals surface area contributed by atoms with Crippen LogP contribution in [0.1, 0.15) is 265 Å². The van der Waals surface area contributed by atoms with Crippen LogP contribution in [-0.4, -0.2) is 0 Å². The molecule has 0 N–H and O–H groups in total. The fourth-order valence-corrected chi connectivity index (χ4v) is 24.6. The van der Waals surface area contributed by atoms with Gasteiger partial charge >= 0.3 is 0 Å². The maximum absolute atomic E-state index is 2.86. The van der Waals surface area contributed by atoms with Crippen LogP contribution in [0.5, 0.6) is 0 Å². The first-order chi connectivity index (χ1) is 31.9. The van der Waals surface area contributed by atoms with Crippen molar-refractivity contribution in [2.45, 2.75) is 265 Å². The van der Waals surface area contributed by atoms with Crippen molar-refractivity contribution in [3.05, 3.63) is 0 Å². The minimum Gasteiger partial charge on any atom is -0.0620 e. The molecule has 0 saturated heterocycles. The van der Waals surface area contributed by atoms with E-state index in [9.17, 15) is 0 Å².